The summed E-state index contributed by atoms with van der Waals surface area (Å²) in [6.07, 6.45) is -0.912. The molecule has 2 N–H and O–H groups in total. The van der Waals surface area contributed by atoms with Crippen molar-refractivity contribution in [2.75, 3.05) is 19.7 Å². The third-order valence-electron chi connectivity index (χ3n) is 4.99. The van der Waals surface area contributed by atoms with Crippen molar-refractivity contribution in [2.24, 2.45) is 5.92 Å². The molecule has 0 fully saturated rings. The molecule has 0 aliphatic carbocycles. The van der Waals surface area contributed by atoms with E-state index in [4.69, 9.17) is 27.9 Å². The Labute approximate surface area is 212 Å². The van der Waals surface area contributed by atoms with Gasteiger partial charge in [0, 0.05) is 13.1 Å². The molecule has 2 aromatic carbocycles. The molecule has 7 nitrogen and oxygen atoms in total. The predicted molar refractivity (Wildman–Crippen MR) is 135 cm³/mol. The van der Waals surface area contributed by atoms with Gasteiger partial charge in [0.1, 0.15) is 0 Å². The van der Waals surface area contributed by atoms with Gasteiger partial charge in [-0.2, -0.15) is 4.31 Å². The summed E-state index contributed by atoms with van der Waals surface area (Å²) in [6, 6.07) is 12.6. The van der Waals surface area contributed by atoms with Crippen molar-refractivity contribution >= 4 is 39.3 Å². The van der Waals surface area contributed by atoms with Gasteiger partial charge in [0.2, 0.25) is 10.0 Å². The van der Waals surface area contributed by atoms with Crippen LogP contribution < -0.4 is 5.32 Å². The van der Waals surface area contributed by atoms with Crippen LogP contribution in [-0.4, -0.2) is 55.8 Å². The zero-order valence-electron chi connectivity index (χ0n) is 19.6. The third-order valence-corrected chi connectivity index (χ3v) is 7.56. The average Bonchev–Trinajstić information content (AvgIpc) is 2.78. The second-order valence-electron chi connectivity index (χ2n) is 8.44. The van der Waals surface area contributed by atoms with Crippen LogP contribution in [0.5, 0.6) is 0 Å². The molecule has 34 heavy (non-hydrogen) atoms. The van der Waals surface area contributed by atoms with Gasteiger partial charge in [-0.1, -0.05) is 74.3 Å². The van der Waals surface area contributed by atoms with Gasteiger partial charge in [-0.3, -0.25) is 0 Å². The van der Waals surface area contributed by atoms with E-state index in [0.29, 0.717) is 12.8 Å². The summed E-state index contributed by atoms with van der Waals surface area (Å²) in [7, 11) is -3.99. The minimum atomic E-state index is -3.99. The number of aliphatic hydroxyl groups excluding tert-OH is 1. The lowest BCUT2D eigenvalue weighted by molar-refractivity contribution is 0.0893. The van der Waals surface area contributed by atoms with Crippen molar-refractivity contribution in [1.82, 2.24) is 9.62 Å². The number of hydrogen-bond acceptors (Lipinski definition) is 5. The van der Waals surface area contributed by atoms with E-state index in [9.17, 15) is 18.3 Å². The van der Waals surface area contributed by atoms with Gasteiger partial charge in [0.15, 0.2) is 0 Å². The molecule has 0 radical (unpaired) electrons. The highest BCUT2D eigenvalue weighted by atomic mass is 35.5. The van der Waals surface area contributed by atoms with Crippen LogP contribution >= 0.6 is 23.2 Å². The number of nitrogens with one attached hydrogen (secondary N) is 1. The molecule has 0 saturated heterocycles. The molecule has 0 aromatic heterocycles. The summed E-state index contributed by atoms with van der Waals surface area (Å²) in [5.74, 6) is -0.0141. The Morgan fingerprint density at radius 3 is 2.35 bits per heavy atom. The maximum Gasteiger partial charge on any atom is 0.407 e. The van der Waals surface area contributed by atoms with Crippen LogP contribution in [0.2, 0.25) is 10.0 Å². The van der Waals surface area contributed by atoms with Crippen LogP contribution in [0.4, 0.5) is 4.79 Å². The maximum absolute atomic E-state index is 13.4. The summed E-state index contributed by atoms with van der Waals surface area (Å²) in [6.45, 7) is 5.81. The number of halogens is 2. The van der Waals surface area contributed by atoms with Crippen LogP contribution in [0, 0.1) is 5.92 Å². The zero-order chi connectivity index (χ0) is 25.3. The van der Waals surface area contributed by atoms with Crippen molar-refractivity contribution in [2.45, 2.75) is 50.7 Å². The number of hydrogen-bond donors (Lipinski definition) is 2. The largest absolute Gasteiger partial charge is 0.450 e. The van der Waals surface area contributed by atoms with E-state index in [1.54, 1.807) is 0 Å². The lowest BCUT2D eigenvalue weighted by Gasteiger charge is -2.30. The number of nitrogens with zero attached hydrogens (tertiary/aromatic N) is 1. The van der Waals surface area contributed by atoms with Gasteiger partial charge in [0.25, 0.3) is 0 Å². The quantitative estimate of drug-likeness (QED) is 0.412. The number of amides is 1. The Morgan fingerprint density at radius 1 is 1.09 bits per heavy atom. The normalized spacial score (nSPS) is 13.6. The van der Waals surface area contributed by atoms with Crippen molar-refractivity contribution in [3.63, 3.8) is 0 Å². The summed E-state index contributed by atoms with van der Waals surface area (Å²) in [4.78, 5) is 12.2. The summed E-state index contributed by atoms with van der Waals surface area (Å²) in [5, 5.41) is 14.2. The first-order chi connectivity index (χ1) is 16.0. The lowest BCUT2D eigenvalue weighted by Crippen LogP contribution is -2.51. The molecule has 2 aromatic rings. The number of ether oxygens (including phenoxy) is 1. The summed E-state index contributed by atoms with van der Waals surface area (Å²) in [5.41, 5.74) is 0.880. The molecule has 188 valence electrons. The van der Waals surface area contributed by atoms with Gasteiger partial charge >= 0.3 is 6.09 Å². The van der Waals surface area contributed by atoms with Crippen molar-refractivity contribution < 1.29 is 23.1 Å². The van der Waals surface area contributed by atoms with Crippen LogP contribution in [0.1, 0.15) is 32.8 Å². The fourth-order valence-corrected chi connectivity index (χ4v) is 5.35. The first-order valence-corrected chi connectivity index (χ1v) is 13.3. The van der Waals surface area contributed by atoms with Gasteiger partial charge < -0.3 is 15.2 Å². The SMILES string of the molecule is CCCOC(=O)N[C@@H](Cc1ccccc1)[C@H](O)CN(CC(C)C)S(=O)(=O)c1ccc(Cl)c(Cl)c1. The molecule has 10 heteroatoms. The maximum atomic E-state index is 13.4. The minimum absolute atomic E-state index is 0.0141. The van der Waals surface area contributed by atoms with E-state index in [0.717, 1.165) is 5.56 Å². The molecular formula is C24H32Cl2N2O5S. The topological polar surface area (TPSA) is 95.9 Å². The number of carbonyl (C=O) groups excluding carboxylic acids is 1. The molecule has 2 rings (SSSR count). The average molecular weight is 532 g/mol. The first kappa shape index (κ1) is 28.4. The van der Waals surface area contributed by atoms with Crippen molar-refractivity contribution in [3.8, 4) is 0 Å². The summed E-state index contributed by atoms with van der Waals surface area (Å²) < 4.78 is 33.2. The Morgan fingerprint density at radius 2 is 1.76 bits per heavy atom. The molecule has 0 bridgehead atoms. The van der Waals surface area contributed by atoms with Crippen LogP contribution in [0.3, 0.4) is 0 Å². The van der Waals surface area contributed by atoms with E-state index in [2.05, 4.69) is 5.32 Å². The molecule has 2 atom stereocenters. The highest BCUT2D eigenvalue weighted by molar-refractivity contribution is 7.89. The van der Waals surface area contributed by atoms with Crippen molar-refractivity contribution in [1.29, 1.82) is 0 Å². The van der Waals surface area contributed by atoms with E-state index in [-0.39, 0.29) is 40.6 Å². The number of alkyl carbamates (subject to hydrolysis) is 1. The van der Waals surface area contributed by atoms with Gasteiger partial charge in [-0.15, -0.1) is 0 Å². The van der Waals surface area contributed by atoms with E-state index in [1.807, 2.05) is 51.1 Å². The number of aliphatic hydroxyl groups is 1. The summed E-state index contributed by atoms with van der Waals surface area (Å²) >= 11 is 12.0. The monoisotopic (exact) mass is 530 g/mol. The second-order valence-corrected chi connectivity index (χ2v) is 11.2. The highest BCUT2D eigenvalue weighted by Crippen LogP contribution is 2.27. The molecule has 0 saturated carbocycles. The van der Waals surface area contributed by atoms with Gasteiger partial charge in [0.05, 0.1) is 33.7 Å². The van der Waals surface area contributed by atoms with Crippen LogP contribution in [0.25, 0.3) is 0 Å². The van der Waals surface area contributed by atoms with E-state index in [1.165, 1.54) is 22.5 Å². The Kier molecular flexibility index (Phi) is 11.1. The lowest BCUT2D eigenvalue weighted by atomic mass is 10.0. The van der Waals surface area contributed by atoms with E-state index >= 15 is 0 Å². The predicted octanol–water partition coefficient (Wildman–Crippen LogP) is 4.75. The number of benzene rings is 2. The minimum Gasteiger partial charge on any atom is -0.450 e. The van der Waals surface area contributed by atoms with Crippen LogP contribution in [0.15, 0.2) is 53.4 Å². The van der Waals surface area contributed by atoms with E-state index < -0.39 is 28.3 Å². The van der Waals surface area contributed by atoms with Gasteiger partial charge in [-0.05, 0) is 42.5 Å². The first-order valence-electron chi connectivity index (χ1n) is 11.1. The molecule has 0 heterocycles. The van der Waals surface area contributed by atoms with Crippen LogP contribution in [-0.2, 0) is 21.2 Å². The number of sulfonamides is 1. The molecular weight excluding hydrogens is 499 g/mol. The highest BCUT2D eigenvalue weighted by Gasteiger charge is 2.31. The molecule has 0 aliphatic rings. The molecule has 1 amide bonds. The zero-order valence-corrected chi connectivity index (χ0v) is 21.9. The smallest absolute Gasteiger partial charge is 0.407 e. The molecule has 0 aliphatic heterocycles. The Bertz CT molecular complexity index is 1030. The van der Waals surface area contributed by atoms with Gasteiger partial charge in [-0.25, -0.2) is 13.2 Å². The fraction of sp³-hybridized carbons (Fsp3) is 0.458. The third kappa shape index (κ3) is 8.43. The second kappa shape index (κ2) is 13.3. The Hall–Kier alpha value is -1.84. The number of rotatable bonds is 12. The standard InChI is InChI=1S/C24H32Cl2N2O5S/c1-4-12-33-24(30)27-22(13-18-8-6-5-7-9-18)23(29)16-28(15-17(2)3)34(31,32)19-10-11-20(25)21(26)14-19/h5-11,14,17,22-23,29H,4,12-13,15-16H2,1-3H3,(H,27,30)/t22-,23+/m0/s1. The number of carbonyl (C=O) groups is 1. The Balaban J connectivity index is 2.31. The molecule has 0 spiro atoms. The van der Waals surface area contributed by atoms with Crippen molar-refractivity contribution in [3.05, 3.63) is 64.1 Å². The fourth-order valence-electron chi connectivity index (χ4n) is 3.34. The molecule has 0 unspecified atom stereocenters.